The average molecular weight is 383 g/mol. The van der Waals surface area contributed by atoms with E-state index < -0.39 is 11.5 Å². The van der Waals surface area contributed by atoms with E-state index in [4.69, 9.17) is 5.73 Å². The number of fused-ring (bicyclic) bond motifs is 1. The Morgan fingerprint density at radius 2 is 1.66 bits per heavy atom. The van der Waals surface area contributed by atoms with Crippen LogP contribution in [0.1, 0.15) is 28.6 Å². The smallest absolute Gasteiger partial charge is 0.220 e. The molecule has 1 aliphatic rings. The maximum atomic E-state index is 14.3. The van der Waals surface area contributed by atoms with Gasteiger partial charge in [0.2, 0.25) is 5.95 Å². The van der Waals surface area contributed by atoms with Gasteiger partial charge in [0.15, 0.2) is 0 Å². The fourth-order valence-electron chi connectivity index (χ4n) is 4.09. The highest BCUT2D eigenvalue weighted by atomic mass is 19.1. The highest BCUT2D eigenvalue weighted by Gasteiger charge is 2.46. The number of nitrogens with two attached hydrogens (primary N) is 1. The van der Waals surface area contributed by atoms with Gasteiger partial charge in [-0.2, -0.15) is 4.39 Å². The van der Waals surface area contributed by atoms with Crippen LogP contribution in [0.15, 0.2) is 85.5 Å². The van der Waals surface area contributed by atoms with Gasteiger partial charge in [0.1, 0.15) is 5.54 Å². The van der Waals surface area contributed by atoms with Gasteiger partial charge in [0.05, 0.1) is 11.9 Å². The van der Waals surface area contributed by atoms with E-state index in [9.17, 15) is 4.39 Å². The van der Waals surface area contributed by atoms with Crippen LogP contribution in [0.25, 0.3) is 11.1 Å². The summed E-state index contributed by atoms with van der Waals surface area (Å²) in [5.74, 6) is -0.503. The molecule has 1 aliphatic heterocycles. The molecule has 0 spiro atoms. The summed E-state index contributed by atoms with van der Waals surface area (Å²) in [5.41, 5.74) is 10.5. The van der Waals surface area contributed by atoms with Crippen LogP contribution in [-0.2, 0) is 5.54 Å². The van der Waals surface area contributed by atoms with E-state index >= 15 is 0 Å². The SMILES string of the molecule is NC1NC(c2ccncc2)(c2cccc(-c3cccnc3F)c2)c2ncccc21. The molecule has 5 rings (SSSR count). The number of pyridine rings is 3. The number of halogens is 1. The Morgan fingerprint density at radius 1 is 0.862 bits per heavy atom. The van der Waals surface area contributed by atoms with Crippen LogP contribution in [0.2, 0.25) is 0 Å². The summed E-state index contributed by atoms with van der Waals surface area (Å²) in [6.45, 7) is 0. The van der Waals surface area contributed by atoms with Crippen molar-refractivity contribution in [2.24, 2.45) is 5.73 Å². The van der Waals surface area contributed by atoms with Gasteiger partial charge < -0.3 is 5.73 Å². The lowest BCUT2D eigenvalue weighted by Crippen LogP contribution is -2.43. The van der Waals surface area contributed by atoms with Gasteiger partial charge >= 0.3 is 0 Å². The lowest BCUT2D eigenvalue weighted by atomic mass is 9.80. The van der Waals surface area contributed by atoms with Gasteiger partial charge in [-0.3, -0.25) is 15.3 Å². The predicted molar refractivity (Wildman–Crippen MR) is 108 cm³/mol. The molecule has 2 unspecified atom stereocenters. The summed E-state index contributed by atoms with van der Waals surface area (Å²) in [7, 11) is 0. The molecule has 1 aromatic carbocycles. The largest absolute Gasteiger partial charge is 0.312 e. The Bertz CT molecular complexity index is 1180. The zero-order valence-corrected chi connectivity index (χ0v) is 15.5. The molecular formula is C23H18FN5. The van der Waals surface area contributed by atoms with Crippen molar-refractivity contribution < 1.29 is 4.39 Å². The number of benzene rings is 1. The molecule has 142 valence electrons. The second-order valence-electron chi connectivity index (χ2n) is 6.97. The van der Waals surface area contributed by atoms with Crippen LogP contribution in [-0.4, -0.2) is 15.0 Å². The minimum atomic E-state index is -0.770. The number of aromatic nitrogens is 3. The Labute approximate surface area is 167 Å². The third kappa shape index (κ3) is 2.73. The minimum Gasteiger partial charge on any atom is -0.312 e. The molecule has 29 heavy (non-hydrogen) atoms. The van der Waals surface area contributed by atoms with Crippen LogP contribution in [0.3, 0.4) is 0 Å². The molecule has 3 aromatic heterocycles. The van der Waals surface area contributed by atoms with Gasteiger partial charge in [-0.05, 0) is 53.1 Å². The highest BCUT2D eigenvalue weighted by molar-refractivity contribution is 5.66. The number of nitrogens with one attached hydrogen (secondary N) is 1. The van der Waals surface area contributed by atoms with Crippen LogP contribution >= 0.6 is 0 Å². The first-order chi connectivity index (χ1) is 14.2. The molecule has 5 nitrogen and oxygen atoms in total. The number of nitrogens with zero attached hydrogens (tertiary/aromatic N) is 3. The van der Waals surface area contributed by atoms with E-state index in [0.717, 1.165) is 27.9 Å². The molecule has 0 radical (unpaired) electrons. The number of rotatable bonds is 3. The second-order valence-corrected chi connectivity index (χ2v) is 6.97. The minimum absolute atomic E-state index is 0.384. The van der Waals surface area contributed by atoms with E-state index in [0.29, 0.717) is 5.56 Å². The standard InChI is InChI=1S/C23H18FN5/c24-21-18(6-2-11-28-21)15-4-1-5-17(14-15)23(16-8-12-26-13-9-16)20-19(22(25)29-23)7-3-10-27-20/h1-14,22,29H,25H2. The van der Waals surface area contributed by atoms with E-state index in [1.807, 2.05) is 48.5 Å². The summed E-state index contributed by atoms with van der Waals surface area (Å²) in [5, 5.41) is 3.54. The summed E-state index contributed by atoms with van der Waals surface area (Å²) >= 11 is 0. The van der Waals surface area contributed by atoms with Crippen molar-refractivity contribution in [2.75, 3.05) is 0 Å². The Morgan fingerprint density at radius 3 is 2.48 bits per heavy atom. The van der Waals surface area contributed by atoms with Crippen molar-refractivity contribution in [3.63, 3.8) is 0 Å². The van der Waals surface area contributed by atoms with E-state index in [-0.39, 0.29) is 6.17 Å². The molecule has 0 saturated carbocycles. The van der Waals surface area contributed by atoms with E-state index in [1.165, 1.54) is 6.20 Å². The van der Waals surface area contributed by atoms with E-state index in [1.54, 1.807) is 30.7 Å². The topological polar surface area (TPSA) is 76.7 Å². The third-order valence-electron chi connectivity index (χ3n) is 5.38. The van der Waals surface area contributed by atoms with Crippen molar-refractivity contribution >= 4 is 0 Å². The summed E-state index contributed by atoms with van der Waals surface area (Å²) in [6.07, 6.45) is 6.31. The van der Waals surface area contributed by atoms with Crippen LogP contribution in [0.4, 0.5) is 4.39 Å². The quantitative estimate of drug-likeness (QED) is 0.529. The lowest BCUT2D eigenvalue weighted by molar-refractivity contribution is 0.450. The summed E-state index contributed by atoms with van der Waals surface area (Å²) in [6, 6.07) is 18.9. The normalized spacial score (nSPS) is 20.4. The monoisotopic (exact) mass is 383 g/mol. The van der Waals surface area contributed by atoms with Gasteiger partial charge in [0, 0.05) is 35.9 Å². The van der Waals surface area contributed by atoms with Crippen LogP contribution in [0, 0.1) is 5.95 Å². The Kier molecular flexibility index (Phi) is 4.16. The molecule has 0 amide bonds. The highest BCUT2D eigenvalue weighted by Crippen LogP contribution is 2.44. The number of hydrogen-bond acceptors (Lipinski definition) is 5. The Hall–Kier alpha value is -3.48. The average Bonchev–Trinajstić information content (AvgIpc) is 3.09. The predicted octanol–water partition coefficient (Wildman–Crippen LogP) is 3.53. The van der Waals surface area contributed by atoms with Crippen LogP contribution < -0.4 is 11.1 Å². The molecule has 3 N–H and O–H groups in total. The van der Waals surface area contributed by atoms with Crippen molar-refractivity contribution in [3.8, 4) is 11.1 Å². The first kappa shape index (κ1) is 17.6. The van der Waals surface area contributed by atoms with Gasteiger partial charge in [-0.1, -0.05) is 24.3 Å². The van der Waals surface area contributed by atoms with Crippen molar-refractivity contribution in [1.82, 2.24) is 20.3 Å². The fraction of sp³-hybridized carbons (Fsp3) is 0.0870. The second kappa shape index (κ2) is 6.84. The maximum absolute atomic E-state index is 14.3. The molecule has 2 atom stereocenters. The molecule has 0 aliphatic carbocycles. The van der Waals surface area contributed by atoms with Gasteiger partial charge in [-0.25, -0.2) is 4.98 Å². The zero-order valence-electron chi connectivity index (χ0n) is 15.5. The van der Waals surface area contributed by atoms with Gasteiger partial charge in [-0.15, -0.1) is 0 Å². The fourth-order valence-corrected chi connectivity index (χ4v) is 4.09. The van der Waals surface area contributed by atoms with Crippen molar-refractivity contribution in [1.29, 1.82) is 0 Å². The van der Waals surface area contributed by atoms with Gasteiger partial charge in [0.25, 0.3) is 0 Å². The van der Waals surface area contributed by atoms with E-state index in [2.05, 4.69) is 20.3 Å². The summed E-state index contributed by atoms with van der Waals surface area (Å²) < 4.78 is 14.3. The molecular weight excluding hydrogens is 365 g/mol. The van der Waals surface area contributed by atoms with Crippen molar-refractivity contribution in [3.05, 3.63) is 114 Å². The zero-order chi connectivity index (χ0) is 19.8. The molecule has 0 bridgehead atoms. The van der Waals surface area contributed by atoms with Crippen LogP contribution in [0.5, 0.6) is 0 Å². The first-order valence-corrected chi connectivity index (χ1v) is 9.31. The van der Waals surface area contributed by atoms with Crippen molar-refractivity contribution in [2.45, 2.75) is 11.7 Å². The molecule has 0 fully saturated rings. The first-order valence-electron chi connectivity index (χ1n) is 9.31. The Balaban J connectivity index is 1.77. The third-order valence-corrected chi connectivity index (χ3v) is 5.38. The summed E-state index contributed by atoms with van der Waals surface area (Å²) in [4.78, 5) is 12.6. The number of hydrogen-bond donors (Lipinski definition) is 2. The maximum Gasteiger partial charge on any atom is 0.220 e. The lowest BCUT2D eigenvalue weighted by Gasteiger charge is -2.32. The molecule has 4 aromatic rings. The molecule has 0 saturated heterocycles. The molecule has 6 heteroatoms. The molecule has 4 heterocycles.